The zero-order valence-corrected chi connectivity index (χ0v) is 15.1. The van der Waals surface area contributed by atoms with E-state index in [0.717, 1.165) is 0 Å². The SMILES string of the molecule is COC(=O)[C@H]1CN(C(=O)CNS(=O)(=O)c2ccccc2C#N)CCS1. The monoisotopic (exact) mass is 383 g/mol. The number of nitriles is 1. The molecule has 0 spiro atoms. The first-order chi connectivity index (χ1) is 11.9. The van der Waals surface area contributed by atoms with Crippen molar-refractivity contribution >= 4 is 33.7 Å². The molecule has 1 aliphatic heterocycles. The van der Waals surface area contributed by atoms with Crippen LogP contribution in [0.3, 0.4) is 0 Å². The largest absolute Gasteiger partial charge is 0.468 e. The van der Waals surface area contributed by atoms with Gasteiger partial charge in [-0.3, -0.25) is 9.59 Å². The van der Waals surface area contributed by atoms with Gasteiger partial charge in [0, 0.05) is 18.8 Å². The molecule has 0 saturated carbocycles. The normalized spacial score (nSPS) is 17.6. The fraction of sp³-hybridized carbons (Fsp3) is 0.400. The minimum absolute atomic E-state index is 0.00239. The Kier molecular flexibility index (Phi) is 6.41. The number of methoxy groups -OCH3 is 1. The van der Waals surface area contributed by atoms with Crippen LogP contribution in [0.2, 0.25) is 0 Å². The maximum atomic E-state index is 12.3. The van der Waals surface area contributed by atoms with Crippen molar-refractivity contribution < 1.29 is 22.7 Å². The number of thioether (sulfide) groups is 1. The molecule has 1 saturated heterocycles. The molecule has 0 aromatic heterocycles. The standard InChI is InChI=1S/C15H17N3O5S2/c1-23-15(20)12-10-18(6-7-24-12)14(19)9-17-25(21,22)13-5-3-2-4-11(13)8-16/h2-5,12,17H,6-7,9-10H2,1H3/t12-/m1/s1. The Labute approximate surface area is 150 Å². The Hall–Kier alpha value is -2.09. The van der Waals surface area contributed by atoms with Crippen molar-refractivity contribution in [1.29, 1.82) is 5.26 Å². The molecule has 1 aliphatic rings. The second kappa shape index (κ2) is 8.33. The van der Waals surface area contributed by atoms with Crippen molar-refractivity contribution in [2.45, 2.75) is 10.1 Å². The maximum absolute atomic E-state index is 12.3. The first-order valence-electron chi connectivity index (χ1n) is 7.35. The molecule has 2 rings (SSSR count). The Bertz CT molecular complexity index is 804. The van der Waals surface area contributed by atoms with Crippen LogP contribution in [-0.2, 0) is 24.3 Å². The van der Waals surface area contributed by atoms with Gasteiger partial charge in [-0.1, -0.05) is 12.1 Å². The van der Waals surface area contributed by atoms with Crippen molar-refractivity contribution in [3.05, 3.63) is 29.8 Å². The third-order valence-electron chi connectivity index (χ3n) is 3.59. The predicted octanol–water partition coefficient (Wildman–Crippen LogP) is -0.0464. The van der Waals surface area contributed by atoms with Crippen molar-refractivity contribution in [1.82, 2.24) is 9.62 Å². The van der Waals surface area contributed by atoms with Crippen LogP contribution in [0.15, 0.2) is 29.2 Å². The quantitative estimate of drug-likeness (QED) is 0.709. The predicted molar refractivity (Wildman–Crippen MR) is 91.2 cm³/mol. The van der Waals surface area contributed by atoms with Crippen LogP contribution in [0.1, 0.15) is 5.56 Å². The van der Waals surface area contributed by atoms with Gasteiger partial charge >= 0.3 is 5.97 Å². The van der Waals surface area contributed by atoms with Gasteiger partial charge in [-0.2, -0.15) is 5.26 Å². The number of sulfonamides is 1. The highest BCUT2D eigenvalue weighted by Crippen LogP contribution is 2.20. The van der Waals surface area contributed by atoms with Crippen molar-refractivity contribution in [2.75, 3.05) is 32.5 Å². The van der Waals surface area contributed by atoms with E-state index in [0.29, 0.717) is 12.3 Å². The van der Waals surface area contributed by atoms with E-state index in [2.05, 4.69) is 9.46 Å². The molecule has 1 aromatic rings. The molecule has 1 aromatic carbocycles. The lowest BCUT2D eigenvalue weighted by Gasteiger charge is -2.31. The summed E-state index contributed by atoms with van der Waals surface area (Å²) in [5, 5.41) is 8.53. The van der Waals surface area contributed by atoms with Crippen LogP contribution in [0.5, 0.6) is 0 Å². The maximum Gasteiger partial charge on any atom is 0.320 e. The number of carbonyl (C=O) groups is 2. The summed E-state index contributed by atoms with van der Waals surface area (Å²) in [5.74, 6) is -0.284. The molecule has 1 heterocycles. The molecule has 1 N–H and O–H groups in total. The average Bonchev–Trinajstić information content (AvgIpc) is 2.65. The van der Waals surface area contributed by atoms with E-state index in [1.807, 2.05) is 6.07 Å². The summed E-state index contributed by atoms with van der Waals surface area (Å²) in [6.45, 7) is 0.154. The second-order valence-corrected chi connectivity index (χ2v) is 8.20. The van der Waals surface area contributed by atoms with Crippen molar-refractivity contribution in [3.63, 3.8) is 0 Å². The summed E-state index contributed by atoms with van der Waals surface area (Å²) in [5.41, 5.74) is 0.00239. The molecule has 1 fully saturated rings. The smallest absolute Gasteiger partial charge is 0.320 e. The van der Waals surface area contributed by atoms with E-state index in [-0.39, 0.29) is 17.0 Å². The lowest BCUT2D eigenvalue weighted by molar-refractivity contribution is -0.141. The summed E-state index contributed by atoms with van der Waals surface area (Å²) >= 11 is 1.40. The third-order valence-corrected chi connectivity index (χ3v) is 6.22. The molecule has 8 nitrogen and oxygen atoms in total. The third kappa shape index (κ3) is 4.72. The Morgan fingerprint density at radius 2 is 2.16 bits per heavy atom. The molecule has 134 valence electrons. The van der Waals surface area contributed by atoms with Gasteiger partial charge in [0.2, 0.25) is 15.9 Å². The van der Waals surface area contributed by atoms with E-state index >= 15 is 0 Å². The average molecular weight is 383 g/mol. The zero-order valence-electron chi connectivity index (χ0n) is 13.5. The van der Waals surface area contributed by atoms with E-state index in [1.54, 1.807) is 6.07 Å². The van der Waals surface area contributed by atoms with E-state index in [4.69, 9.17) is 5.26 Å². The van der Waals surface area contributed by atoms with Crippen LogP contribution in [0, 0.1) is 11.3 Å². The van der Waals surface area contributed by atoms with Gasteiger partial charge in [-0.05, 0) is 12.1 Å². The zero-order chi connectivity index (χ0) is 18.4. The molecule has 1 amide bonds. The van der Waals surface area contributed by atoms with Crippen LogP contribution >= 0.6 is 11.8 Å². The molecular weight excluding hydrogens is 366 g/mol. The van der Waals surface area contributed by atoms with E-state index < -0.39 is 33.7 Å². The number of carbonyl (C=O) groups excluding carboxylic acids is 2. The number of nitrogens with one attached hydrogen (secondary N) is 1. The van der Waals surface area contributed by atoms with Crippen LogP contribution < -0.4 is 4.72 Å². The minimum Gasteiger partial charge on any atom is -0.468 e. The summed E-state index contributed by atoms with van der Waals surface area (Å²) < 4.78 is 31.5. The molecule has 10 heteroatoms. The second-order valence-electron chi connectivity index (χ2n) is 5.15. The number of nitrogens with zero attached hydrogens (tertiary/aromatic N) is 2. The number of esters is 1. The Morgan fingerprint density at radius 3 is 2.84 bits per heavy atom. The number of ether oxygens (including phenoxy) is 1. The van der Waals surface area contributed by atoms with E-state index in [1.165, 1.54) is 42.0 Å². The first-order valence-corrected chi connectivity index (χ1v) is 9.88. The minimum atomic E-state index is -3.99. The highest BCUT2D eigenvalue weighted by molar-refractivity contribution is 8.00. The van der Waals surface area contributed by atoms with Gasteiger partial charge < -0.3 is 9.64 Å². The lowest BCUT2D eigenvalue weighted by atomic mass is 10.2. The van der Waals surface area contributed by atoms with Gasteiger partial charge in [0.15, 0.2) is 0 Å². The van der Waals surface area contributed by atoms with Gasteiger partial charge in [0.1, 0.15) is 11.3 Å². The molecule has 0 bridgehead atoms. The van der Waals surface area contributed by atoms with Crippen LogP contribution in [0.25, 0.3) is 0 Å². The number of amides is 1. The topological polar surface area (TPSA) is 117 Å². The summed E-state index contributed by atoms with van der Waals surface area (Å²) in [6.07, 6.45) is 0. The molecule has 1 atom stereocenters. The number of hydrogen-bond donors (Lipinski definition) is 1. The fourth-order valence-electron chi connectivity index (χ4n) is 2.29. The highest BCUT2D eigenvalue weighted by Gasteiger charge is 2.30. The van der Waals surface area contributed by atoms with Gasteiger partial charge in [0.05, 0.1) is 24.1 Å². The lowest BCUT2D eigenvalue weighted by Crippen LogP contribution is -2.48. The van der Waals surface area contributed by atoms with Crippen LogP contribution in [0.4, 0.5) is 0 Å². The van der Waals surface area contributed by atoms with Crippen LogP contribution in [-0.4, -0.2) is 62.9 Å². The highest BCUT2D eigenvalue weighted by atomic mass is 32.2. The fourth-order valence-corrected chi connectivity index (χ4v) is 4.55. The molecule has 0 unspecified atom stereocenters. The molecule has 25 heavy (non-hydrogen) atoms. The Morgan fingerprint density at radius 1 is 1.44 bits per heavy atom. The molecule has 0 radical (unpaired) electrons. The summed E-state index contributed by atoms with van der Waals surface area (Å²) in [6, 6.07) is 7.56. The van der Waals surface area contributed by atoms with Crippen molar-refractivity contribution in [3.8, 4) is 6.07 Å². The van der Waals surface area contributed by atoms with Gasteiger partial charge in [-0.25, -0.2) is 13.1 Å². The van der Waals surface area contributed by atoms with Crippen molar-refractivity contribution in [2.24, 2.45) is 0 Å². The number of hydrogen-bond acceptors (Lipinski definition) is 7. The summed E-state index contributed by atoms with van der Waals surface area (Å²) in [7, 11) is -2.71. The van der Waals surface area contributed by atoms with Gasteiger partial charge in [-0.15, -0.1) is 11.8 Å². The van der Waals surface area contributed by atoms with Gasteiger partial charge in [0.25, 0.3) is 0 Å². The first kappa shape index (κ1) is 19.2. The molecule has 0 aliphatic carbocycles. The number of rotatable bonds is 5. The number of benzene rings is 1. The molecular formula is C15H17N3O5S2. The summed E-state index contributed by atoms with van der Waals surface area (Å²) in [4.78, 5) is 25.1. The Balaban J connectivity index is 2.02. The van der Waals surface area contributed by atoms with E-state index in [9.17, 15) is 18.0 Å².